The van der Waals surface area contributed by atoms with E-state index in [1.54, 1.807) is 16.0 Å². The monoisotopic (exact) mass is 566 g/mol. The van der Waals surface area contributed by atoms with Crippen LogP contribution in [0, 0.1) is 13.8 Å². The van der Waals surface area contributed by atoms with Gasteiger partial charge in [-0.2, -0.15) is 0 Å². The largest absolute Gasteiger partial charge is 0.491 e. The third kappa shape index (κ3) is 5.31. The number of aromatic nitrogens is 3. The lowest BCUT2D eigenvalue weighted by atomic mass is 9.92. The van der Waals surface area contributed by atoms with Crippen LogP contribution >= 0.6 is 22.9 Å². The fourth-order valence-corrected chi connectivity index (χ4v) is 6.37. The van der Waals surface area contributed by atoms with Gasteiger partial charge in [0.2, 0.25) is 0 Å². The van der Waals surface area contributed by atoms with Gasteiger partial charge >= 0.3 is 5.97 Å². The predicted molar refractivity (Wildman–Crippen MR) is 154 cm³/mol. The molecule has 3 aromatic heterocycles. The topological polar surface area (TPSA) is 86.5 Å². The van der Waals surface area contributed by atoms with E-state index in [1.165, 1.54) is 18.4 Å². The van der Waals surface area contributed by atoms with E-state index in [0.717, 1.165) is 45.6 Å². The van der Waals surface area contributed by atoms with Crippen LogP contribution in [-0.4, -0.2) is 59.3 Å². The Kier molecular flexibility index (Phi) is 7.75. The highest BCUT2D eigenvalue weighted by Crippen LogP contribution is 2.40. The molecule has 4 aromatic rings. The van der Waals surface area contributed by atoms with Gasteiger partial charge in [-0.3, -0.25) is 14.3 Å². The Labute approximate surface area is 236 Å². The Morgan fingerprint density at radius 1 is 1.21 bits per heavy atom. The molecule has 0 bridgehead atoms. The zero-order chi connectivity index (χ0) is 27.8. The molecule has 0 unspecified atom stereocenters. The number of carbonyl (C=O) groups excluding carboxylic acids is 1. The molecule has 39 heavy (non-hydrogen) atoms. The lowest BCUT2D eigenvalue weighted by Gasteiger charge is -2.29. The molecule has 204 valence electrons. The van der Waals surface area contributed by atoms with Gasteiger partial charge in [-0.05, 0) is 71.5 Å². The number of hydrogen-bond donors (Lipinski definition) is 0. The van der Waals surface area contributed by atoms with E-state index >= 15 is 0 Å². The van der Waals surface area contributed by atoms with Gasteiger partial charge in [0.25, 0.3) is 5.56 Å². The molecule has 0 aliphatic heterocycles. The highest BCUT2D eigenvalue weighted by molar-refractivity contribution is 7.18. The Hall–Kier alpha value is -3.27. The van der Waals surface area contributed by atoms with Crippen molar-refractivity contribution in [1.29, 1.82) is 0 Å². The minimum Gasteiger partial charge on any atom is -0.491 e. The first-order chi connectivity index (χ1) is 18.7. The first-order valence-electron chi connectivity index (χ1n) is 12.8. The van der Waals surface area contributed by atoms with Crippen LogP contribution in [0.25, 0.3) is 21.3 Å². The predicted octanol–water partition coefficient (Wildman–Crippen LogP) is 5.07. The maximum absolute atomic E-state index is 13.4. The summed E-state index contributed by atoms with van der Waals surface area (Å²) in [7, 11) is 5.47. The molecule has 1 atom stereocenters. The van der Waals surface area contributed by atoms with Gasteiger partial charge in [0, 0.05) is 38.8 Å². The number of fused-ring (bicyclic) bond motifs is 2. The third-order valence-electron chi connectivity index (χ3n) is 7.28. The van der Waals surface area contributed by atoms with Crippen LogP contribution in [0.4, 0.5) is 0 Å². The van der Waals surface area contributed by atoms with E-state index in [0.29, 0.717) is 46.7 Å². The Morgan fingerprint density at radius 3 is 2.74 bits per heavy atom. The smallest absolute Gasteiger partial charge is 0.340 e. The molecule has 3 heterocycles. The summed E-state index contributed by atoms with van der Waals surface area (Å²) in [5.41, 5.74) is 5.18. The summed E-state index contributed by atoms with van der Waals surface area (Å²) in [5, 5.41) is 2.32. The van der Waals surface area contributed by atoms with Gasteiger partial charge in [-0.25, -0.2) is 9.78 Å². The maximum Gasteiger partial charge on any atom is 0.340 e. The van der Waals surface area contributed by atoms with Crippen molar-refractivity contribution in [1.82, 2.24) is 19.4 Å². The number of halogens is 1. The fourth-order valence-electron chi connectivity index (χ4n) is 5.19. The number of pyridine rings is 1. The molecule has 1 aliphatic rings. The number of methoxy groups -OCH3 is 1. The summed E-state index contributed by atoms with van der Waals surface area (Å²) in [6.45, 7) is 4.40. The number of aryl methyl sites for hydroxylation is 3. The number of rotatable bonds is 7. The van der Waals surface area contributed by atoms with Gasteiger partial charge in [-0.1, -0.05) is 11.6 Å². The van der Waals surface area contributed by atoms with E-state index < -0.39 is 5.97 Å². The van der Waals surface area contributed by atoms with Crippen molar-refractivity contribution >= 4 is 39.1 Å². The standard InChI is InChI=1S/C29H31ClN4O4S/c1-16-12-21(27-26(31-16)23(15-39-27)29(36)37-5)20-13-18(30)6-9-25(20)38-11-10-34-17(2)32-24-8-7-19(33(3)4)14-22(24)28(34)35/h6,9,12-13,15,19H,7-8,10-11,14H2,1-5H3/t19-/m1/s1. The second-order valence-corrected chi connectivity index (χ2v) is 11.3. The second-order valence-electron chi connectivity index (χ2n) is 10.0. The van der Waals surface area contributed by atoms with Crippen LogP contribution in [0.15, 0.2) is 34.4 Å². The van der Waals surface area contributed by atoms with E-state index in [1.807, 2.05) is 32.0 Å². The molecule has 0 saturated carbocycles. The number of benzene rings is 1. The third-order valence-corrected chi connectivity index (χ3v) is 8.52. The number of esters is 1. The summed E-state index contributed by atoms with van der Waals surface area (Å²) in [5.74, 6) is 0.898. The SMILES string of the molecule is COC(=O)c1csc2c(-c3cc(Cl)ccc3OCCn3c(C)nc4c(c3=O)C[C@H](N(C)C)CC4)cc(C)nc12. The molecule has 0 radical (unpaired) electrons. The fraction of sp³-hybridized carbons (Fsp3) is 0.379. The van der Waals surface area contributed by atoms with Gasteiger partial charge < -0.3 is 14.4 Å². The minimum atomic E-state index is -0.427. The lowest BCUT2D eigenvalue weighted by Crippen LogP contribution is -2.39. The van der Waals surface area contributed by atoms with Crippen molar-refractivity contribution in [2.75, 3.05) is 27.8 Å². The van der Waals surface area contributed by atoms with Crippen molar-refractivity contribution in [3.63, 3.8) is 0 Å². The molecule has 1 aromatic carbocycles. The van der Waals surface area contributed by atoms with E-state index in [2.05, 4.69) is 24.0 Å². The zero-order valence-corrected chi connectivity index (χ0v) is 24.3. The average Bonchev–Trinajstić information content (AvgIpc) is 3.33. The van der Waals surface area contributed by atoms with Gasteiger partial charge in [0.05, 0.1) is 35.1 Å². The first-order valence-corrected chi connectivity index (χ1v) is 14.1. The van der Waals surface area contributed by atoms with Crippen LogP contribution in [0.1, 0.15) is 39.6 Å². The number of thiophene rings is 1. The molecule has 0 saturated heterocycles. The minimum absolute atomic E-state index is 0.0179. The normalized spacial score (nSPS) is 15.0. The molecular formula is C29H31ClN4O4S. The van der Waals surface area contributed by atoms with Crippen molar-refractivity contribution in [3.05, 3.63) is 73.4 Å². The first kappa shape index (κ1) is 27.3. The van der Waals surface area contributed by atoms with Crippen LogP contribution < -0.4 is 10.3 Å². The van der Waals surface area contributed by atoms with Gasteiger partial charge in [-0.15, -0.1) is 11.3 Å². The molecule has 10 heteroatoms. The zero-order valence-electron chi connectivity index (χ0n) is 22.7. The molecule has 1 aliphatic carbocycles. The van der Waals surface area contributed by atoms with E-state index in [4.69, 9.17) is 26.1 Å². The van der Waals surface area contributed by atoms with Crippen molar-refractivity contribution < 1.29 is 14.3 Å². The summed E-state index contributed by atoms with van der Waals surface area (Å²) in [6, 6.07) is 7.76. The van der Waals surface area contributed by atoms with Crippen LogP contribution in [0.3, 0.4) is 0 Å². The van der Waals surface area contributed by atoms with Crippen LogP contribution in [0.5, 0.6) is 5.75 Å². The molecule has 0 fully saturated rings. The molecule has 0 N–H and O–H groups in total. The summed E-state index contributed by atoms with van der Waals surface area (Å²) >= 11 is 7.83. The van der Waals surface area contributed by atoms with Gasteiger partial charge in [0.15, 0.2) is 0 Å². The molecular weight excluding hydrogens is 536 g/mol. The molecule has 5 rings (SSSR count). The molecule has 8 nitrogen and oxygen atoms in total. The average molecular weight is 567 g/mol. The highest BCUT2D eigenvalue weighted by atomic mass is 35.5. The Bertz CT molecular complexity index is 1630. The maximum atomic E-state index is 13.4. The molecule has 0 amide bonds. The summed E-state index contributed by atoms with van der Waals surface area (Å²) in [6.07, 6.45) is 2.54. The number of hydrogen-bond acceptors (Lipinski definition) is 8. The van der Waals surface area contributed by atoms with Gasteiger partial charge in [0.1, 0.15) is 18.2 Å². The quantitative estimate of drug-likeness (QED) is 0.288. The van der Waals surface area contributed by atoms with Crippen molar-refractivity contribution in [2.24, 2.45) is 0 Å². The number of carbonyl (C=O) groups is 1. The molecule has 0 spiro atoms. The van der Waals surface area contributed by atoms with E-state index in [-0.39, 0.29) is 12.2 Å². The number of likely N-dealkylation sites (N-methyl/N-ethyl adjacent to an activating group) is 1. The van der Waals surface area contributed by atoms with Crippen LogP contribution in [0.2, 0.25) is 5.02 Å². The van der Waals surface area contributed by atoms with Crippen molar-refractivity contribution in [3.8, 4) is 16.9 Å². The van der Waals surface area contributed by atoms with Crippen molar-refractivity contribution in [2.45, 2.75) is 45.7 Å². The lowest BCUT2D eigenvalue weighted by molar-refractivity contribution is 0.0603. The number of ether oxygens (including phenoxy) is 2. The number of nitrogens with zero attached hydrogens (tertiary/aromatic N) is 4. The second kappa shape index (κ2) is 11.1. The Morgan fingerprint density at radius 2 is 2.00 bits per heavy atom. The Balaban J connectivity index is 1.45. The summed E-state index contributed by atoms with van der Waals surface area (Å²) in [4.78, 5) is 37.3. The van der Waals surface area contributed by atoms with Crippen LogP contribution in [-0.2, 0) is 24.1 Å². The highest BCUT2D eigenvalue weighted by Gasteiger charge is 2.25. The summed E-state index contributed by atoms with van der Waals surface area (Å²) < 4.78 is 13.8. The van der Waals surface area contributed by atoms with E-state index in [9.17, 15) is 9.59 Å².